The van der Waals surface area contributed by atoms with E-state index in [-0.39, 0.29) is 36.6 Å². The largest absolute Gasteiger partial charge is 0.461 e. The normalized spacial score (nSPS) is 24.5. The highest BCUT2D eigenvalue weighted by Crippen LogP contribution is 2.46. The molecule has 0 amide bonds. The van der Waals surface area contributed by atoms with Gasteiger partial charge in [-0.25, -0.2) is 4.39 Å². The summed E-state index contributed by atoms with van der Waals surface area (Å²) in [6, 6.07) is 5.76. The molecule has 0 unspecified atom stereocenters. The minimum Gasteiger partial charge on any atom is -0.461 e. The molecular weight excluding hydrogens is 653 g/mol. The minimum absolute atomic E-state index is 0.145. The lowest BCUT2D eigenvalue weighted by molar-refractivity contribution is -0.0123. The van der Waals surface area contributed by atoms with Crippen LogP contribution in [0.1, 0.15) is 45.1 Å². The summed E-state index contributed by atoms with van der Waals surface area (Å²) >= 11 is 0. The van der Waals surface area contributed by atoms with Crippen molar-refractivity contribution in [3.05, 3.63) is 35.8 Å². The van der Waals surface area contributed by atoms with Crippen molar-refractivity contribution in [2.24, 2.45) is 14.1 Å². The Morgan fingerprint density at radius 2 is 2.00 bits per heavy atom. The van der Waals surface area contributed by atoms with Crippen LogP contribution in [0.15, 0.2) is 24.4 Å². The van der Waals surface area contributed by atoms with Crippen molar-refractivity contribution < 1.29 is 24.1 Å². The molecule has 9 rings (SSSR count). The van der Waals surface area contributed by atoms with E-state index in [0.717, 1.165) is 75.9 Å². The van der Waals surface area contributed by atoms with Crippen molar-refractivity contribution in [2.45, 2.75) is 63.1 Å². The summed E-state index contributed by atoms with van der Waals surface area (Å²) < 4.78 is 31.8. The van der Waals surface area contributed by atoms with Crippen LogP contribution in [-0.2, 0) is 25.3 Å². The van der Waals surface area contributed by atoms with Gasteiger partial charge in [-0.3, -0.25) is 14.7 Å². The molecule has 0 radical (unpaired) electrons. The van der Waals surface area contributed by atoms with Gasteiger partial charge in [0, 0.05) is 37.6 Å². The maximum atomic E-state index is 15.5. The van der Waals surface area contributed by atoms with Crippen LogP contribution in [0, 0.1) is 5.82 Å². The fourth-order valence-electron chi connectivity index (χ4n) is 9.28. The molecule has 6 aromatic rings. The lowest BCUT2D eigenvalue weighted by Gasteiger charge is -2.34. The van der Waals surface area contributed by atoms with Crippen LogP contribution in [0.5, 0.6) is 6.01 Å². The predicted molar refractivity (Wildman–Crippen MR) is 193 cm³/mol. The Bertz CT molecular complexity index is 2330. The second-order valence-electron chi connectivity index (χ2n) is 15.0. The number of aliphatic hydroxyl groups excluding tert-OH is 1. The van der Waals surface area contributed by atoms with Gasteiger partial charge in [0.05, 0.1) is 60.0 Å². The van der Waals surface area contributed by atoms with Gasteiger partial charge in [-0.2, -0.15) is 20.2 Å². The van der Waals surface area contributed by atoms with Crippen molar-refractivity contribution in [2.75, 3.05) is 51.0 Å². The number of rotatable bonds is 7. The van der Waals surface area contributed by atoms with Crippen LogP contribution in [0.2, 0.25) is 0 Å². The zero-order chi connectivity index (χ0) is 35.2. The average Bonchev–Trinajstić information content (AvgIpc) is 3.91. The lowest BCUT2D eigenvalue weighted by atomic mass is 9.92. The topological polar surface area (TPSA) is 143 Å². The first-order valence-electron chi connectivity index (χ1n) is 18.0. The van der Waals surface area contributed by atoms with Gasteiger partial charge in [-0.15, -0.1) is 0 Å². The zero-order valence-corrected chi connectivity index (χ0v) is 29.5. The third kappa shape index (κ3) is 4.94. The van der Waals surface area contributed by atoms with Crippen molar-refractivity contribution in [3.63, 3.8) is 0 Å². The zero-order valence-electron chi connectivity index (χ0n) is 29.5. The first kappa shape index (κ1) is 32.5. The molecular formula is C37H44FN9O4. The minimum atomic E-state index is -1.11. The summed E-state index contributed by atoms with van der Waals surface area (Å²) in [5, 5.41) is 37.3. The number of anilines is 1. The molecule has 3 atom stereocenters. The van der Waals surface area contributed by atoms with Gasteiger partial charge in [-0.1, -0.05) is 13.0 Å². The molecule has 3 aliphatic rings. The Morgan fingerprint density at radius 3 is 2.82 bits per heavy atom. The molecule has 13 nitrogen and oxygen atoms in total. The van der Waals surface area contributed by atoms with Crippen LogP contribution in [0.4, 0.5) is 10.2 Å². The van der Waals surface area contributed by atoms with Gasteiger partial charge >= 0.3 is 6.01 Å². The molecule has 3 saturated heterocycles. The number of β-amino-alcohol motifs (C(OH)–C–C–N with tert-alkyl or cyclic N) is 1. The fourth-order valence-corrected chi connectivity index (χ4v) is 9.28. The molecule has 14 heteroatoms. The summed E-state index contributed by atoms with van der Waals surface area (Å²) in [4.78, 5) is 14.6. The SMILES string of the molecule is CCc1c(F)ccc2cc3[nH]ncc3c(-c3nn(C)c4c5c(N6CCOC[C@@](C)(O)C6)nc(OC[C@@]67CCCN6[C@H](CO)CC7)nc5n(C)c34)c12. The van der Waals surface area contributed by atoms with E-state index in [1.165, 1.54) is 6.07 Å². The molecule has 7 heterocycles. The molecule has 0 spiro atoms. The number of aromatic nitrogens is 7. The molecule has 4 aromatic heterocycles. The number of hydrogen-bond acceptors (Lipinski definition) is 10. The Morgan fingerprint density at radius 1 is 1.14 bits per heavy atom. The third-order valence-corrected chi connectivity index (χ3v) is 11.6. The highest BCUT2D eigenvalue weighted by molar-refractivity contribution is 6.20. The lowest BCUT2D eigenvalue weighted by Crippen LogP contribution is -2.47. The second-order valence-corrected chi connectivity index (χ2v) is 15.0. The number of nitrogens with zero attached hydrogens (tertiary/aromatic N) is 8. The van der Waals surface area contributed by atoms with Gasteiger partial charge in [0.25, 0.3) is 0 Å². The van der Waals surface area contributed by atoms with Gasteiger partial charge in [0.15, 0.2) is 5.65 Å². The molecule has 51 heavy (non-hydrogen) atoms. The van der Waals surface area contributed by atoms with Crippen molar-refractivity contribution in [1.29, 1.82) is 0 Å². The molecule has 0 saturated carbocycles. The van der Waals surface area contributed by atoms with Crippen molar-refractivity contribution >= 4 is 49.6 Å². The number of H-pyrrole nitrogens is 1. The number of nitrogens with one attached hydrogen (secondary N) is 1. The van der Waals surface area contributed by atoms with Crippen LogP contribution in [0.3, 0.4) is 0 Å². The summed E-state index contributed by atoms with van der Waals surface area (Å²) in [6.45, 7) is 6.70. The number of halogens is 1. The Kier molecular flexibility index (Phi) is 7.55. The van der Waals surface area contributed by atoms with E-state index in [1.807, 2.05) is 42.4 Å². The van der Waals surface area contributed by atoms with E-state index in [4.69, 9.17) is 24.5 Å². The summed E-state index contributed by atoms with van der Waals surface area (Å²) in [5.41, 5.74) is 3.99. The quantitative estimate of drug-likeness (QED) is 0.222. The molecule has 0 bridgehead atoms. The Balaban J connectivity index is 1.28. The summed E-state index contributed by atoms with van der Waals surface area (Å²) in [6.07, 6.45) is 6.25. The number of hydrogen-bond donors (Lipinski definition) is 3. The maximum Gasteiger partial charge on any atom is 0.320 e. The monoisotopic (exact) mass is 697 g/mol. The van der Waals surface area contributed by atoms with Gasteiger partial charge in [0.2, 0.25) is 0 Å². The smallest absolute Gasteiger partial charge is 0.320 e. The highest BCUT2D eigenvalue weighted by atomic mass is 19.1. The van der Waals surface area contributed by atoms with Crippen LogP contribution >= 0.6 is 0 Å². The number of aryl methyl sites for hydroxylation is 3. The van der Waals surface area contributed by atoms with E-state index in [2.05, 4.69) is 20.0 Å². The molecule has 268 valence electrons. The molecule has 3 N–H and O–H groups in total. The van der Waals surface area contributed by atoms with Crippen molar-refractivity contribution in [3.8, 4) is 17.3 Å². The third-order valence-electron chi connectivity index (χ3n) is 11.6. The van der Waals surface area contributed by atoms with Gasteiger partial charge in [0.1, 0.15) is 29.5 Å². The van der Waals surface area contributed by atoms with Crippen LogP contribution in [-0.4, -0.2) is 113 Å². The molecule has 3 aliphatic heterocycles. The predicted octanol–water partition coefficient (Wildman–Crippen LogP) is 4.21. The first-order chi connectivity index (χ1) is 24.6. The highest BCUT2D eigenvalue weighted by Gasteiger charge is 2.49. The number of aromatic amines is 1. The molecule has 0 aliphatic carbocycles. The van der Waals surface area contributed by atoms with Crippen LogP contribution < -0.4 is 9.64 Å². The summed E-state index contributed by atoms with van der Waals surface area (Å²) in [5.74, 6) is 0.379. The van der Waals surface area contributed by atoms with Crippen molar-refractivity contribution in [1.82, 2.24) is 39.4 Å². The summed E-state index contributed by atoms with van der Waals surface area (Å²) in [7, 11) is 3.88. The maximum absolute atomic E-state index is 15.5. The molecule has 2 aromatic carbocycles. The van der Waals surface area contributed by atoms with E-state index in [1.54, 1.807) is 13.1 Å². The number of ether oxygens (including phenoxy) is 2. The number of fused-ring (bicyclic) bond motifs is 6. The standard InChI is InChI=1S/C37H44FN9O4/c1-5-23-25(38)8-7-21-15-26-24(16-39-42-26)28(27(21)23)30-32-31(45(4)43-30)29-33(44(32)3)40-35(41-34(29)46-13-14-50-19-36(2,49)18-46)51-20-37-10-6-12-47(37)22(17-48)9-11-37/h7-8,15-16,22,48-49H,5-6,9-14,17-20H2,1-4H3,(H,39,42)/t22-,36-,37-/m0/s1. The van der Waals surface area contributed by atoms with E-state index in [0.29, 0.717) is 55.4 Å². The van der Waals surface area contributed by atoms with E-state index in [9.17, 15) is 10.2 Å². The molecule has 3 fully saturated rings. The Labute approximate surface area is 293 Å². The first-order valence-corrected chi connectivity index (χ1v) is 18.0. The van der Waals surface area contributed by atoms with Gasteiger partial charge < -0.3 is 29.2 Å². The van der Waals surface area contributed by atoms with E-state index < -0.39 is 5.60 Å². The Hall–Kier alpha value is -4.37. The number of benzene rings is 2. The van der Waals surface area contributed by atoms with Gasteiger partial charge in [-0.05, 0) is 74.0 Å². The second kappa shape index (κ2) is 11.8. The number of aliphatic hydroxyl groups is 2. The average molecular weight is 698 g/mol. The fraction of sp³-hybridized carbons (Fsp3) is 0.514. The van der Waals surface area contributed by atoms with Crippen LogP contribution in [0.25, 0.3) is 55.0 Å². The van der Waals surface area contributed by atoms with E-state index >= 15 is 4.39 Å².